The van der Waals surface area contributed by atoms with E-state index in [9.17, 15) is 0 Å². The van der Waals surface area contributed by atoms with Crippen molar-refractivity contribution in [3.8, 4) is 11.6 Å². The molecule has 0 bridgehead atoms. The van der Waals surface area contributed by atoms with Gasteiger partial charge in [-0.15, -0.1) is 0 Å². The first-order valence-electron chi connectivity index (χ1n) is 6.86. The highest BCUT2D eigenvalue weighted by atomic mass is 16.5. The molecule has 0 spiro atoms. The van der Waals surface area contributed by atoms with Gasteiger partial charge in [0.15, 0.2) is 0 Å². The quantitative estimate of drug-likeness (QED) is 0.838. The van der Waals surface area contributed by atoms with Crippen molar-refractivity contribution in [2.24, 2.45) is 0 Å². The standard InChI is InChI=1S/C16H20N2O2/c1-3-19-15-7-5-6-13(10-15)11-17-14-8-9-16(18-12-14)20-4-2/h5-10,12,17H,3-4,11H2,1-2H3. The van der Waals surface area contributed by atoms with E-state index in [-0.39, 0.29) is 0 Å². The van der Waals surface area contributed by atoms with Crippen molar-refractivity contribution in [2.75, 3.05) is 18.5 Å². The van der Waals surface area contributed by atoms with Crippen molar-refractivity contribution in [1.29, 1.82) is 0 Å². The zero-order chi connectivity index (χ0) is 14.2. The molecule has 0 aliphatic carbocycles. The number of aromatic nitrogens is 1. The topological polar surface area (TPSA) is 43.4 Å². The van der Waals surface area contributed by atoms with Crippen LogP contribution in [0.2, 0.25) is 0 Å². The first-order chi connectivity index (χ1) is 9.81. The number of rotatable bonds is 7. The predicted molar refractivity (Wildman–Crippen MR) is 80.3 cm³/mol. The molecule has 0 unspecified atom stereocenters. The Morgan fingerprint density at radius 1 is 1.05 bits per heavy atom. The lowest BCUT2D eigenvalue weighted by Gasteiger charge is -2.09. The summed E-state index contributed by atoms with van der Waals surface area (Å²) in [6.07, 6.45) is 1.78. The predicted octanol–water partition coefficient (Wildman–Crippen LogP) is 3.49. The van der Waals surface area contributed by atoms with Gasteiger partial charge in [-0.2, -0.15) is 0 Å². The molecular weight excluding hydrogens is 252 g/mol. The number of nitrogens with one attached hydrogen (secondary N) is 1. The summed E-state index contributed by atoms with van der Waals surface area (Å²) in [6, 6.07) is 11.9. The van der Waals surface area contributed by atoms with Gasteiger partial charge < -0.3 is 14.8 Å². The molecule has 106 valence electrons. The molecule has 0 saturated carbocycles. The molecule has 0 saturated heterocycles. The second kappa shape index (κ2) is 7.38. The van der Waals surface area contributed by atoms with Crippen LogP contribution in [0.3, 0.4) is 0 Å². The zero-order valence-electron chi connectivity index (χ0n) is 11.9. The van der Waals surface area contributed by atoms with Gasteiger partial charge in [0.2, 0.25) is 5.88 Å². The van der Waals surface area contributed by atoms with Crippen LogP contribution in [0.4, 0.5) is 5.69 Å². The van der Waals surface area contributed by atoms with Gasteiger partial charge in [0, 0.05) is 12.6 Å². The molecule has 2 aromatic rings. The average Bonchev–Trinajstić information content (AvgIpc) is 2.48. The van der Waals surface area contributed by atoms with Crippen LogP contribution >= 0.6 is 0 Å². The third-order valence-electron chi connectivity index (χ3n) is 2.73. The minimum Gasteiger partial charge on any atom is -0.494 e. The fraction of sp³-hybridized carbons (Fsp3) is 0.312. The Kier molecular flexibility index (Phi) is 5.24. The number of pyridine rings is 1. The van der Waals surface area contributed by atoms with Gasteiger partial charge in [0.1, 0.15) is 5.75 Å². The Morgan fingerprint density at radius 3 is 2.60 bits per heavy atom. The summed E-state index contributed by atoms with van der Waals surface area (Å²) >= 11 is 0. The van der Waals surface area contributed by atoms with Gasteiger partial charge in [-0.25, -0.2) is 4.98 Å². The van der Waals surface area contributed by atoms with Crippen molar-refractivity contribution in [2.45, 2.75) is 20.4 Å². The maximum Gasteiger partial charge on any atom is 0.213 e. The highest BCUT2D eigenvalue weighted by Gasteiger charge is 1.98. The van der Waals surface area contributed by atoms with Crippen LogP contribution < -0.4 is 14.8 Å². The van der Waals surface area contributed by atoms with Gasteiger partial charge in [-0.05, 0) is 37.6 Å². The second-order valence-electron chi connectivity index (χ2n) is 4.25. The number of ether oxygens (including phenoxy) is 2. The summed E-state index contributed by atoms with van der Waals surface area (Å²) < 4.78 is 10.8. The lowest BCUT2D eigenvalue weighted by atomic mass is 10.2. The van der Waals surface area contributed by atoms with E-state index in [1.54, 1.807) is 6.20 Å². The fourth-order valence-corrected chi connectivity index (χ4v) is 1.83. The molecule has 1 aromatic carbocycles. The minimum absolute atomic E-state index is 0.629. The van der Waals surface area contributed by atoms with E-state index in [2.05, 4.69) is 16.4 Å². The molecule has 1 aromatic heterocycles. The van der Waals surface area contributed by atoms with Crippen molar-refractivity contribution < 1.29 is 9.47 Å². The summed E-state index contributed by atoms with van der Waals surface area (Å²) in [5.41, 5.74) is 2.14. The normalized spacial score (nSPS) is 10.1. The molecule has 4 heteroatoms. The van der Waals surface area contributed by atoms with Crippen LogP contribution in [-0.4, -0.2) is 18.2 Å². The largest absolute Gasteiger partial charge is 0.494 e. The van der Waals surface area contributed by atoms with Gasteiger partial charge in [-0.3, -0.25) is 0 Å². The smallest absolute Gasteiger partial charge is 0.213 e. The molecule has 0 aliphatic heterocycles. The van der Waals surface area contributed by atoms with Gasteiger partial charge in [0.25, 0.3) is 0 Å². The summed E-state index contributed by atoms with van der Waals surface area (Å²) in [5, 5.41) is 3.33. The number of hydrogen-bond acceptors (Lipinski definition) is 4. The number of nitrogens with zero attached hydrogens (tertiary/aromatic N) is 1. The van der Waals surface area contributed by atoms with Crippen LogP contribution in [0.15, 0.2) is 42.6 Å². The van der Waals surface area contributed by atoms with E-state index in [1.165, 1.54) is 5.56 Å². The van der Waals surface area contributed by atoms with Crippen LogP contribution in [-0.2, 0) is 6.54 Å². The van der Waals surface area contributed by atoms with E-state index in [1.807, 2.05) is 44.2 Å². The van der Waals surface area contributed by atoms with Crippen LogP contribution in [0.5, 0.6) is 11.6 Å². The molecule has 1 heterocycles. The molecule has 0 amide bonds. The third-order valence-corrected chi connectivity index (χ3v) is 2.73. The first-order valence-corrected chi connectivity index (χ1v) is 6.86. The maximum atomic E-state index is 5.48. The maximum absolute atomic E-state index is 5.48. The highest BCUT2D eigenvalue weighted by molar-refractivity contribution is 5.43. The first kappa shape index (κ1) is 14.2. The second-order valence-corrected chi connectivity index (χ2v) is 4.25. The number of benzene rings is 1. The summed E-state index contributed by atoms with van der Waals surface area (Å²) in [6.45, 7) is 5.97. The lowest BCUT2D eigenvalue weighted by molar-refractivity contribution is 0.327. The Morgan fingerprint density at radius 2 is 1.90 bits per heavy atom. The number of hydrogen-bond donors (Lipinski definition) is 1. The minimum atomic E-state index is 0.629. The third kappa shape index (κ3) is 4.16. The number of anilines is 1. The van der Waals surface area contributed by atoms with E-state index >= 15 is 0 Å². The van der Waals surface area contributed by atoms with Gasteiger partial charge >= 0.3 is 0 Å². The van der Waals surface area contributed by atoms with E-state index in [4.69, 9.17) is 9.47 Å². The van der Waals surface area contributed by atoms with Crippen LogP contribution in [0, 0.1) is 0 Å². The molecular formula is C16H20N2O2. The average molecular weight is 272 g/mol. The SMILES string of the molecule is CCOc1cccc(CNc2ccc(OCC)nc2)c1. The fourth-order valence-electron chi connectivity index (χ4n) is 1.83. The van der Waals surface area contributed by atoms with Crippen LogP contribution in [0.25, 0.3) is 0 Å². The molecule has 0 aliphatic rings. The Labute approximate surface area is 119 Å². The summed E-state index contributed by atoms with van der Waals surface area (Å²) in [4.78, 5) is 4.22. The van der Waals surface area contributed by atoms with Crippen LogP contribution in [0.1, 0.15) is 19.4 Å². The summed E-state index contributed by atoms with van der Waals surface area (Å²) in [5.74, 6) is 1.55. The molecule has 1 N–H and O–H groups in total. The van der Waals surface area contributed by atoms with Crippen molar-refractivity contribution in [3.05, 3.63) is 48.2 Å². The summed E-state index contributed by atoms with van der Waals surface area (Å²) in [7, 11) is 0. The van der Waals surface area contributed by atoms with Gasteiger partial charge in [0.05, 0.1) is 25.1 Å². The van der Waals surface area contributed by atoms with Crippen molar-refractivity contribution in [3.63, 3.8) is 0 Å². The zero-order valence-corrected chi connectivity index (χ0v) is 11.9. The molecule has 0 radical (unpaired) electrons. The molecule has 0 atom stereocenters. The molecule has 0 fully saturated rings. The van der Waals surface area contributed by atoms with Gasteiger partial charge in [-0.1, -0.05) is 12.1 Å². The van der Waals surface area contributed by atoms with Crippen molar-refractivity contribution >= 4 is 5.69 Å². The van der Waals surface area contributed by atoms with E-state index < -0.39 is 0 Å². The lowest BCUT2D eigenvalue weighted by Crippen LogP contribution is -2.01. The Bertz CT molecular complexity index is 526. The molecule has 4 nitrogen and oxygen atoms in total. The molecule has 20 heavy (non-hydrogen) atoms. The Hall–Kier alpha value is -2.23. The monoisotopic (exact) mass is 272 g/mol. The van der Waals surface area contributed by atoms with E-state index in [0.29, 0.717) is 19.1 Å². The Balaban J connectivity index is 1.92. The van der Waals surface area contributed by atoms with E-state index in [0.717, 1.165) is 18.0 Å². The highest BCUT2D eigenvalue weighted by Crippen LogP contribution is 2.16. The van der Waals surface area contributed by atoms with Crippen molar-refractivity contribution in [1.82, 2.24) is 4.98 Å². The molecule has 2 rings (SSSR count).